The van der Waals surface area contributed by atoms with Crippen molar-refractivity contribution in [2.75, 3.05) is 11.9 Å². The quantitative estimate of drug-likeness (QED) is 0.690. The molecule has 0 spiro atoms. The van der Waals surface area contributed by atoms with Crippen LogP contribution in [0.3, 0.4) is 0 Å². The molecule has 27 heavy (non-hydrogen) atoms. The summed E-state index contributed by atoms with van der Waals surface area (Å²) in [7, 11) is -0.193. The molecule has 0 saturated heterocycles. The van der Waals surface area contributed by atoms with E-state index in [0.717, 1.165) is 28.5 Å². The molecule has 2 aromatic carbocycles. The van der Waals surface area contributed by atoms with Crippen molar-refractivity contribution in [2.45, 2.75) is 19.4 Å². The van der Waals surface area contributed by atoms with Gasteiger partial charge in [0.15, 0.2) is 0 Å². The molecule has 0 unspecified atom stereocenters. The second kappa shape index (κ2) is 6.85. The smallest absolute Gasteiger partial charge is 0.308 e. The zero-order valence-electron chi connectivity index (χ0n) is 15.4. The monoisotopic (exact) mass is 380 g/mol. The van der Waals surface area contributed by atoms with E-state index < -0.39 is 14.5 Å². The number of hydrogen-bond acceptors (Lipinski definition) is 3. The van der Waals surface area contributed by atoms with Crippen molar-refractivity contribution in [3.63, 3.8) is 0 Å². The molecule has 0 atom stereocenters. The van der Waals surface area contributed by atoms with Crippen molar-refractivity contribution in [1.29, 1.82) is 0 Å². The molecular weight excluding hydrogens is 359 g/mol. The van der Waals surface area contributed by atoms with Gasteiger partial charge >= 0.3 is 8.68 Å². The Labute approximate surface area is 158 Å². The van der Waals surface area contributed by atoms with Gasteiger partial charge in [-0.25, -0.2) is 4.39 Å². The largest absolute Gasteiger partial charge is 0.384 e. The van der Waals surface area contributed by atoms with E-state index in [1.807, 2.05) is 18.2 Å². The summed E-state index contributed by atoms with van der Waals surface area (Å²) in [5.41, 5.74) is 2.43. The number of nitrogens with one attached hydrogen (secondary N) is 1. The van der Waals surface area contributed by atoms with Crippen LogP contribution < -0.4 is 16.1 Å². The third kappa shape index (κ3) is 3.49. The van der Waals surface area contributed by atoms with E-state index >= 15 is 0 Å². The lowest BCUT2D eigenvalue weighted by atomic mass is 9.99. The molecule has 4 rings (SSSR count). The Morgan fingerprint density at radius 3 is 2.63 bits per heavy atom. The number of aryl methyl sites for hydroxylation is 1. The van der Waals surface area contributed by atoms with Crippen molar-refractivity contribution in [3.05, 3.63) is 58.8 Å². The lowest BCUT2D eigenvalue weighted by Gasteiger charge is -2.16. The van der Waals surface area contributed by atoms with Gasteiger partial charge < -0.3 is 14.3 Å². The van der Waals surface area contributed by atoms with Crippen LogP contribution in [0.5, 0.6) is 0 Å². The summed E-state index contributed by atoms with van der Waals surface area (Å²) in [6.07, 6.45) is 4.26. The predicted octanol–water partition coefficient (Wildman–Crippen LogP) is 3.43. The standard InChI is InChI=1S/C21H21FN2O2Si/c1-24-12-19(16-7-5-14(22)9-18(16)21(24)25)17-10-15(27(2)26)6-8-20(17)23-11-13-3-4-13/h5-10,12-13,23H,3-4,11H2,1-2H3. The Balaban J connectivity index is 1.95. The maximum Gasteiger partial charge on any atom is 0.308 e. The number of anilines is 1. The van der Waals surface area contributed by atoms with Crippen LogP contribution in [0.2, 0.25) is 6.55 Å². The minimum absolute atomic E-state index is 0.235. The maximum atomic E-state index is 13.8. The second-order valence-electron chi connectivity index (χ2n) is 7.29. The molecule has 0 radical (unpaired) electrons. The summed E-state index contributed by atoms with van der Waals surface area (Å²) in [6.45, 7) is 2.61. The molecule has 4 nitrogen and oxygen atoms in total. The normalized spacial score (nSPS) is 13.7. The first-order valence-electron chi connectivity index (χ1n) is 9.12. The molecule has 3 aromatic rings. The Morgan fingerprint density at radius 2 is 1.93 bits per heavy atom. The van der Waals surface area contributed by atoms with Gasteiger partial charge in [-0.2, -0.15) is 0 Å². The highest BCUT2D eigenvalue weighted by atomic mass is 28.3. The molecule has 1 aliphatic carbocycles. The van der Waals surface area contributed by atoms with Crippen LogP contribution in [0, 0.1) is 11.7 Å². The van der Waals surface area contributed by atoms with Gasteiger partial charge in [-0.3, -0.25) is 4.79 Å². The van der Waals surface area contributed by atoms with Crippen LogP contribution in [-0.2, 0) is 11.5 Å². The second-order valence-corrected chi connectivity index (χ2v) is 8.98. The number of aromatic nitrogens is 1. The van der Waals surface area contributed by atoms with Gasteiger partial charge in [-0.15, -0.1) is 0 Å². The fraction of sp³-hybridized carbons (Fsp3) is 0.286. The Hall–Kier alpha value is -2.60. The zero-order valence-corrected chi connectivity index (χ0v) is 16.4. The summed E-state index contributed by atoms with van der Waals surface area (Å²) < 4.78 is 27.3. The number of nitrogens with zero attached hydrogens (tertiary/aromatic N) is 1. The third-order valence-electron chi connectivity index (χ3n) is 5.14. The highest BCUT2D eigenvalue weighted by Crippen LogP contribution is 2.34. The SMILES string of the molecule is Cn1cc(-c2cc([Si](C)=O)ccc2NCC2CC2)c2ccc(F)cc2c1=O. The van der Waals surface area contributed by atoms with E-state index in [0.29, 0.717) is 16.7 Å². The number of rotatable bonds is 5. The van der Waals surface area contributed by atoms with Gasteiger partial charge in [0, 0.05) is 36.6 Å². The van der Waals surface area contributed by atoms with E-state index in [-0.39, 0.29) is 5.56 Å². The van der Waals surface area contributed by atoms with Crippen LogP contribution in [0.4, 0.5) is 10.1 Å². The fourth-order valence-corrected chi connectivity index (χ4v) is 4.04. The fourth-order valence-electron chi connectivity index (χ4n) is 3.37. The van der Waals surface area contributed by atoms with Crippen molar-refractivity contribution < 1.29 is 8.85 Å². The van der Waals surface area contributed by atoms with E-state index in [2.05, 4.69) is 5.32 Å². The maximum absolute atomic E-state index is 13.8. The summed E-state index contributed by atoms with van der Waals surface area (Å²) in [4.78, 5) is 12.5. The molecule has 1 heterocycles. The highest BCUT2D eigenvalue weighted by Gasteiger charge is 2.22. The number of halogens is 1. The molecule has 1 fully saturated rings. The minimum atomic E-state index is -1.86. The Kier molecular flexibility index (Phi) is 4.51. The van der Waals surface area contributed by atoms with Crippen molar-refractivity contribution in [2.24, 2.45) is 13.0 Å². The lowest BCUT2D eigenvalue weighted by Crippen LogP contribution is -2.19. The van der Waals surface area contributed by atoms with Gasteiger partial charge in [0.05, 0.1) is 5.39 Å². The number of benzene rings is 2. The van der Waals surface area contributed by atoms with Gasteiger partial charge in [-0.1, -0.05) is 12.1 Å². The molecule has 0 aliphatic heterocycles. The summed E-state index contributed by atoms with van der Waals surface area (Å²) in [6, 6.07) is 10.1. The summed E-state index contributed by atoms with van der Waals surface area (Å²) in [5.74, 6) is 0.269. The first-order valence-corrected chi connectivity index (χ1v) is 11.0. The average Bonchev–Trinajstić information content (AvgIpc) is 3.47. The van der Waals surface area contributed by atoms with Gasteiger partial charge in [-0.05, 0) is 60.1 Å². The molecule has 138 valence electrons. The minimum Gasteiger partial charge on any atom is -0.384 e. The molecule has 6 heteroatoms. The first-order chi connectivity index (χ1) is 12.9. The molecule has 0 bridgehead atoms. The predicted molar refractivity (Wildman–Crippen MR) is 108 cm³/mol. The number of hydrogen-bond donors (Lipinski definition) is 1. The lowest BCUT2D eigenvalue weighted by molar-refractivity contribution is 0.572. The van der Waals surface area contributed by atoms with Crippen LogP contribution in [-0.4, -0.2) is 19.8 Å². The molecule has 1 aliphatic rings. The van der Waals surface area contributed by atoms with Crippen LogP contribution >= 0.6 is 0 Å². The summed E-state index contributed by atoms with van der Waals surface area (Å²) >= 11 is 0. The first kappa shape index (κ1) is 17.8. The molecular formula is C21H21FN2O2Si. The van der Waals surface area contributed by atoms with Gasteiger partial charge in [0.25, 0.3) is 5.56 Å². The Bertz CT molecular complexity index is 1120. The van der Waals surface area contributed by atoms with E-state index in [4.69, 9.17) is 0 Å². The molecule has 0 amide bonds. The van der Waals surface area contributed by atoms with Crippen molar-refractivity contribution in [3.8, 4) is 11.1 Å². The van der Waals surface area contributed by atoms with Crippen LogP contribution in [0.15, 0.2) is 47.4 Å². The van der Waals surface area contributed by atoms with Crippen molar-refractivity contribution in [1.82, 2.24) is 4.57 Å². The molecule has 1 saturated carbocycles. The number of fused-ring (bicyclic) bond motifs is 1. The van der Waals surface area contributed by atoms with E-state index in [9.17, 15) is 13.6 Å². The van der Waals surface area contributed by atoms with Gasteiger partial charge in [0.1, 0.15) is 5.82 Å². The average molecular weight is 380 g/mol. The summed E-state index contributed by atoms with van der Waals surface area (Å²) in [5, 5.41) is 5.33. The molecule has 1 N–H and O–H groups in total. The van der Waals surface area contributed by atoms with Gasteiger partial charge in [0.2, 0.25) is 0 Å². The Morgan fingerprint density at radius 1 is 1.15 bits per heavy atom. The van der Waals surface area contributed by atoms with E-state index in [1.54, 1.807) is 25.9 Å². The molecule has 1 aromatic heterocycles. The van der Waals surface area contributed by atoms with E-state index in [1.165, 1.54) is 29.5 Å². The number of pyridine rings is 1. The third-order valence-corrected chi connectivity index (χ3v) is 6.26. The highest BCUT2D eigenvalue weighted by molar-refractivity contribution is 6.58. The zero-order chi connectivity index (χ0) is 19.1. The van der Waals surface area contributed by atoms with Crippen LogP contribution in [0.1, 0.15) is 12.8 Å². The van der Waals surface area contributed by atoms with Crippen LogP contribution in [0.25, 0.3) is 21.9 Å². The van der Waals surface area contributed by atoms with Crippen molar-refractivity contribution >= 4 is 30.3 Å². The topological polar surface area (TPSA) is 51.1 Å².